The number of nitrogens with two attached hydrogens (primary N) is 1. The zero-order valence-corrected chi connectivity index (χ0v) is 19.1. The van der Waals surface area contributed by atoms with Crippen LogP contribution in [0.25, 0.3) is 11.5 Å². The molecule has 0 radical (unpaired) electrons. The lowest BCUT2D eigenvalue weighted by Gasteiger charge is -2.10. The third-order valence-corrected chi connectivity index (χ3v) is 4.52. The first kappa shape index (κ1) is 21.9. The molecule has 3 N–H and O–H groups in total. The molecule has 1 aromatic heterocycles. The number of anilines is 1. The number of guanidine groups is 1. The Labute approximate surface area is 192 Å². The van der Waals surface area contributed by atoms with Crippen molar-refractivity contribution in [2.45, 2.75) is 19.8 Å². The van der Waals surface area contributed by atoms with Gasteiger partial charge in [-0.2, -0.15) is 0 Å². The summed E-state index contributed by atoms with van der Waals surface area (Å²) in [7, 11) is 0. The molecule has 1 aliphatic heterocycles. The highest BCUT2D eigenvalue weighted by Gasteiger charge is 2.11. The minimum Gasteiger partial charge on any atom is -0.490 e. The normalized spacial score (nSPS) is 13.3. The average molecular weight is 520 g/mol. The highest BCUT2D eigenvalue weighted by atomic mass is 127. The molecule has 0 aliphatic carbocycles. The number of oxazole rings is 1. The van der Waals surface area contributed by atoms with Gasteiger partial charge in [0.25, 0.3) is 0 Å². The zero-order chi connectivity index (χ0) is 20.1. The van der Waals surface area contributed by atoms with Crippen LogP contribution in [0.15, 0.2) is 58.1 Å². The predicted molar refractivity (Wildman–Crippen MR) is 128 cm³/mol. The van der Waals surface area contributed by atoms with E-state index in [2.05, 4.69) is 15.3 Å². The molecule has 0 amide bonds. The first-order chi connectivity index (χ1) is 14.2. The van der Waals surface area contributed by atoms with Crippen LogP contribution in [0.3, 0.4) is 0 Å². The zero-order valence-electron chi connectivity index (χ0n) is 16.8. The lowest BCUT2D eigenvalue weighted by atomic mass is 10.1. The first-order valence-corrected chi connectivity index (χ1v) is 9.65. The summed E-state index contributed by atoms with van der Waals surface area (Å²) in [5, 5.41) is 3.08. The van der Waals surface area contributed by atoms with E-state index in [4.69, 9.17) is 19.6 Å². The molecule has 0 atom stereocenters. The summed E-state index contributed by atoms with van der Waals surface area (Å²) in [6.45, 7) is 3.86. The van der Waals surface area contributed by atoms with Crippen LogP contribution in [0.4, 0.5) is 5.69 Å². The van der Waals surface area contributed by atoms with Crippen molar-refractivity contribution < 1.29 is 13.9 Å². The monoisotopic (exact) mass is 520 g/mol. The van der Waals surface area contributed by atoms with Gasteiger partial charge in [-0.25, -0.2) is 4.98 Å². The fourth-order valence-corrected chi connectivity index (χ4v) is 2.97. The van der Waals surface area contributed by atoms with Crippen molar-refractivity contribution in [3.63, 3.8) is 0 Å². The molecular formula is C22H25IN4O3. The third kappa shape index (κ3) is 5.65. The van der Waals surface area contributed by atoms with Gasteiger partial charge in [0.1, 0.15) is 6.26 Å². The van der Waals surface area contributed by atoms with E-state index in [0.29, 0.717) is 43.8 Å². The summed E-state index contributed by atoms with van der Waals surface area (Å²) in [4.78, 5) is 8.89. The Hall–Kier alpha value is -2.75. The highest BCUT2D eigenvalue weighted by molar-refractivity contribution is 14.0. The Morgan fingerprint density at radius 1 is 1.10 bits per heavy atom. The molecule has 8 heteroatoms. The molecule has 3 aromatic rings. The summed E-state index contributed by atoms with van der Waals surface area (Å²) >= 11 is 0. The van der Waals surface area contributed by atoms with Crippen molar-refractivity contribution >= 4 is 35.6 Å². The second kappa shape index (κ2) is 10.3. The Kier molecular flexibility index (Phi) is 7.56. The first-order valence-electron chi connectivity index (χ1n) is 9.65. The molecule has 1 aliphatic rings. The Morgan fingerprint density at radius 3 is 2.67 bits per heavy atom. The molecule has 158 valence electrons. The molecule has 0 bridgehead atoms. The van der Waals surface area contributed by atoms with E-state index in [-0.39, 0.29) is 24.0 Å². The second-order valence-electron chi connectivity index (χ2n) is 6.86. The summed E-state index contributed by atoms with van der Waals surface area (Å²) in [5.41, 5.74) is 9.81. The lowest BCUT2D eigenvalue weighted by Crippen LogP contribution is -2.23. The van der Waals surface area contributed by atoms with E-state index < -0.39 is 0 Å². The summed E-state index contributed by atoms with van der Waals surface area (Å²) < 4.78 is 16.9. The smallest absolute Gasteiger partial charge is 0.226 e. The summed E-state index contributed by atoms with van der Waals surface area (Å²) in [6, 6.07) is 13.7. The Balaban J connectivity index is 0.00000256. The molecular weight excluding hydrogens is 495 g/mol. The van der Waals surface area contributed by atoms with Gasteiger partial charge >= 0.3 is 0 Å². The third-order valence-electron chi connectivity index (χ3n) is 4.52. The van der Waals surface area contributed by atoms with Gasteiger partial charge in [0.2, 0.25) is 5.89 Å². The summed E-state index contributed by atoms with van der Waals surface area (Å²) in [5.74, 6) is 2.41. The number of aryl methyl sites for hydroxylation is 1. The number of rotatable bonds is 5. The fraction of sp³-hybridized carbons (Fsp3) is 0.273. The molecule has 4 rings (SSSR count). The quantitative estimate of drug-likeness (QED) is 0.294. The second-order valence-corrected chi connectivity index (χ2v) is 6.86. The number of hydrogen-bond donors (Lipinski definition) is 2. The molecule has 0 fully saturated rings. The van der Waals surface area contributed by atoms with Gasteiger partial charge in [0.15, 0.2) is 17.5 Å². The largest absolute Gasteiger partial charge is 0.490 e. The van der Waals surface area contributed by atoms with Gasteiger partial charge in [-0.15, -0.1) is 24.0 Å². The molecule has 30 heavy (non-hydrogen) atoms. The minimum absolute atomic E-state index is 0. The Morgan fingerprint density at radius 2 is 1.87 bits per heavy atom. The summed E-state index contributed by atoms with van der Waals surface area (Å²) in [6.07, 6.45) is 3.17. The van der Waals surface area contributed by atoms with Crippen molar-refractivity contribution in [3.05, 3.63) is 60.0 Å². The standard InChI is InChI=1S/C22H24N4O3.HI/c1-15-3-5-16(6-4-15)21-25-18(14-29-21)9-10-24-22(23)26-17-7-8-19-20(13-17)28-12-2-11-27-19;/h3-8,13-14H,2,9-12H2,1H3,(H3,23,24,26);1H. The maximum atomic E-state index is 6.01. The molecule has 0 spiro atoms. The van der Waals surface area contributed by atoms with E-state index in [1.807, 2.05) is 49.4 Å². The van der Waals surface area contributed by atoms with Gasteiger partial charge < -0.3 is 24.9 Å². The molecule has 2 aromatic carbocycles. The molecule has 0 saturated carbocycles. The molecule has 0 saturated heterocycles. The number of fused-ring (bicyclic) bond motifs is 1. The van der Waals surface area contributed by atoms with Crippen LogP contribution in [0.2, 0.25) is 0 Å². The number of aliphatic imine (C=N–C) groups is 1. The van der Waals surface area contributed by atoms with Gasteiger partial charge in [0.05, 0.1) is 18.9 Å². The molecule has 2 heterocycles. The molecule has 7 nitrogen and oxygen atoms in total. The number of benzene rings is 2. The molecule has 0 unspecified atom stereocenters. The maximum absolute atomic E-state index is 6.01. The number of ether oxygens (including phenoxy) is 2. The topological polar surface area (TPSA) is 94.9 Å². The number of hydrogen-bond acceptors (Lipinski definition) is 5. The highest BCUT2D eigenvalue weighted by Crippen LogP contribution is 2.32. The SMILES string of the molecule is Cc1ccc(-c2nc(CCN=C(N)Nc3ccc4c(c3)OCCCO4)co2)cc1.I. The van der Waals surface area contributed by atoms with Crippen LogP contribution < -0.4 is 20.5 Å². The van der Waals surface area contributed by atoms with E-state index in [1.165, 1.54) is 5.56 Å². The van der Waals surface area contributed by atoms with Gasteiger partial charge in [-0.1, -0.05) is 17.7 Å². The van der Waals surface area contributed by atoms with Gasteiger partial charge in [-0.05, 0) is 31.2 Å². The van der Waals surface area contributed by atoms with Crippen molar-refractivity contribution in [1.29, 1.82) is 0 Å². The number of nitrogens with one attached hydrogen (secondary N) is 1. The lowest BCUT2D eigenvalue weighted by molar-refractivity contribution is 0.297. The van der Waals surface area contributed by atoms with Crippen LogP contribution in [0.5, 0.6) is 11.5 Å². The van der Waals surface area contributed by atoms with E-state index in [0.717, 1.165) is 29.1 Å². The van der Waals surface area contributed by atoms with Crippen LogP contribution in [0, 0.1) is 6.92 Å². The minimum atomic E-state index is 0. The van der Waals surface area contributed by atoms with Crippen LogP contribution in [-0.4, -0.2) is 30.7 Å². The maximum Gasteiger partial charge on any atom is 0.226 e. The fourth-order valence-electron chi connectivity index (χ4n) is 2.97. The van der Waals surface area contributed by atoms with Gasteiger partial charge in [0, 0.05) is 36.7 Å². The van der Waals surface area contributed by atoms with Gasteiger partial charge in [-0.3, -0.25) is 4.99 Å². The Bertz CT molecular complexity index is 1000. The van der Waals surface area contributed by atoms with Crippen molar-refractivity contribution in [2.24, 2.45) is 10.7 Å². The predicted octanol–water partition coefficient (Wildman–Crippen LogP) is 4.40. The van der Waals surface area contributed by atoms with Crippen molar-refractivity contribution in [1.82, 2.24) is 4.98 Å². The van der Waals surface area contributed by atoms with Crippen molar-refractivity contribution in [2.75, 3.05) is 25.1 Å². The van der Waals surface area contributed by atoms with Crippen LogP contribution in [-0.2, 0) is 6.42 Å². The van der Waals surface area contributed by atoms with E-state index >= 15 is 0 Å². The van der Waals surface area contributed by atoms with Crippen LogP contribution in [0.1, 0.15) is 17.7 Å². The van der Waals surface area contributed by atoms with Crippen molar-refractivity contribution in [3.8, 4) is 23.0 Å². The number of aromatic nitrogens is 1. The van der Waals surface area contributed by atoms with E-state index in [1.54, 1.807) is 6.26 Å². The van der Waals surface area contributed by atoms with E-state index in [9.17, 15) is 0 Å². The number of halogens is 1. The number of nitrogens with zero attached hydrogens (tertiary/aromatic N) is 2. The average Bonchev–Trinajstić information content (AvgIpc) is 3.06. The van der Waals surface area contributed by atoms with Crippen LogP contribution >= 0.6 is 24.0 Å².